The highest BCUT2D eigenvalue weighted by Crippen LogP contribution is 2.44. The van der Waals surface area contributed by atoms with Gasteiger partial charge in [-0.2, -0.15) is 0 Å². The summed E-state index contributed by atoms with van der Waals surface area (Å²) in [6.45, 7) is 17.4. The summed E-state index contributed by atoms with van der Waals surface area (Å²) in [5.41, 5.74) is 7.35. The zero-order valence-corrected chi connectivity index (χ0v) is 19.4. The first-order valence-electron chi connectivity index (χ1n) is 10.8. The molecule has 0 aliphatic heterocycles. The second-order valence-corrected chi connectivity index (χ2v) is 10.9. The maximum atomic E-state index is 11.4. The zero-order chi connectivity index (χ0) is 21.7. The van der Waals surface area contributed by atoms with Gasteiger partial charge in [0, 0.05) is 17.7 Å². The average Bonchev–Trinajstić information content (AvgIpc) is 2.58. The van der Waals surface area contributed by atoms with E-state index in [9.17, 15) is 5.11 Å². The van der Waals surface area contributed by atoms with Crippen LogP contribution in [0.5, 0.6) is 0 Å². The molecule has 3 N–H and O–H groups in total. The molecule has 1 aliphatic rings. The Morgan fingerprint density at radius 2 is 1.72 bits per heavy atom. The maximum Gasteiger partial charge on any atom is 0.182 e. The highest BCUT2D eigenvalue weighted by molar-refractivity contribution is 5.48. The van der Waals surface area contributed by atoms with E-state index in [1.165, 1.54) is 5.56 Å². The molecule has 0 amide bonds. The number of rotatable bonds is 3. The van der Waals surface area contributed by atoms with Gasteiger partial charge in [0.25, 0.3) is 0 Å². The first-order valence-corrected chi connectivity index (χ1v) is 10.8. The fraction of sp³-hybridized carbons (Fsp3) is 0.577. The Hall–Kier alpha value is -1.71. The molecule has 2 aromatic rings. The molecule has 29 heavy (non-hydrogen) atoms. The van der Waals surface area contributed by atoms with Crippen LogP contribution in [-0.4, -0.2) is 15.2 Å². The number of nitrogens with zero attached hydrogens (tertiary/aromatic N) is 1. The second-order valence-electron chi connectivity index (χ2n) is 10.9. The van der Waals surface area contributed by atoms with E-state index in [-0.39, 0.29) is 22.9 Å². The van der Waals surface area contributed by atoms with E-state index in [1.54, 1.807) is 0 Å². The standard InChI is InChI=1S/C26H37NO2/c1-15(2)23-22(24(29)17-9-11-18(12-10-17)25(4,5)6)16(3)21-19(27-23)13-26(7,8)14-20(21)28/h9-12,15,20,24,28-29H,13-14H2,1-8H3/p+1/t20-,24?/m0/s1. The molecule has 158 valence electrons. The topological polar surface area (TPSA) is 56.0 Å². The molecule has 0 saturated heterocycles. The molecule has 1 aromatic heterocycles. The van der Waals surface area contributed by atoms with Crippen LogP contribution in [0.1, 0.15) is 112 Å². The molecule has 3 rings (SSSR count). The average molecular weight is 397 g/mol. The van der Waals surface area contributed by atoms with Crippen molar-refractivity contribution in [2.24, 2.45) is 5.41 Å². The third-order valence-corrected chi connectivity index (χ3v) is 6.31. The van der Waals surface area contributed by atoms with E-state index < -0.39 is 6.10 Å². The third-order valence-electron chi connectivity index (χ3n) is 6.31. The fourth-order valence-corrected chi connectivity index (χ4v) is 4.71. The van der Waals surface area contributed by atoms with E-state index in [0.717, 1.165) is 46.5 Å². The van der Waals surface area contributed by atoms with Crippen molar-refractivity contribution < 1.29 is 10.2 Å². The Kier molecular flexibility index (Phi) is 5.70. The van der Waals surface area contributed by atoms with Crippen molar-refractivity contribution in [3.05, 3.63) is 63.5 Å². The van der Waals surface area contributed by atoms with E-state index in [0.29, 0.717) is 0 Å². The van der Waals surface area contributed by atoms with E-state index in [1.807, 2.05) is 12.1 Å². The second kappa shape index (κ2) is 7.52. The van der Waals surface area contributed by atoms with Crippen molar-refractivity contribution in [1.82, 2.24) is 4.98 Å². The van der Waals surface area contributed by atoms with Crippen molar-refractivity contribution in [3.63, 3.8) is 0 Å². The van der Waals surface area contributed by atoms with Crippen molar-refractivity contribution in [1.29, 1.82) is 0 Å². The largest absolute Gasteiger partial charge is 0.440 e. The van der Waals surface area contributed by atoms with E-state index in [4.69, 9.17) is 10.1 Å². The predicted molar refractivity (Wildman–Crippen MR) is 121 cm³/mol. The third kappa shape index (κ3) is 4.27. The van der Waals surface area contributed by atoms with Gasteiger partial charge in [-0.3, -0.25) is 4.98 Å². The lowest BCUT2D eigenvalue weighted by Crippen LogP contribution is -2.29. The lowest BCUT2D eigenvalue weighted by atomic mass is 9.72. The van der Waals surface area contributed by atoms with Crippen LogP contribution in [0.25, 0.3) is 0 Å². The summed E-state index contributed by atoms with van der Waals surface area (Å²) < 4.78 is 0. The van der Waals surface area contributed by atoms with Crippen molar-refractivity contribution in [3.8, 4) is 0 Å². The first-order chi connectivity index (χ1) is 13.3. The van der Waals surface area contributed by atoms with Gasteiger partial charge in [-0.1, -0.05) is 72.7 Å². The van der Waals surface area contributed by atoms with Gasteiger partial charge in [0.05, 0.1) is 11.3 Å². The molecule has 1 heterocycles. The summed E-state index contributed by atoms with van der Waals surface area (Å²) in [5, 5.41) is 20.1. The number of hydrogen-bond donors (Lipinski definition) is 1. The minimum atomic E-state index is -0.721. The van der Waals surface area contributed by atoms with Crippen LogP contribution in [-0.2, 0) is 11.8 Å². The molecule has 3 heteroatoms. The summed E-state index contributed by atoms with van der Waals surface area (Å²) in [4.78, 5) is 5.04. The van der Waals surface area contributed by atoms with Gasteiger partial charge in [0.15, 0.2) is 6.10 Å². The molecule has 1 aliphatic carbocycles. The lowest BCUT2D eigenvalue weighted by Gasteiger charge is -2.34. The Balaban J connectivity index is 2.12. The predicted octanol–water partition coefficient (Wildman–Crippen LogP) is 5.63. The van der Waals surface area contributed by atoms with Gasteiger partial charge in [0.2, 0.25) is 0 Å². The van der Waals surface area contributed by atoms with Gasteiger partial charge in [0.1, 0.15) is 6.10 Å². The Bertz CT molecular complexity index is 888. The molecule has 0 bridgehead atoms. The van der Waals surface area contributed by atoms with Crippen LogP contribution >= 0.6 is 0 Å². The minimum Gasteiger partial charge on any atom is -0.440 e. The van der Waals surface area contributed by atoms with Crippen LogP contribution in [0.4, 0.5) is 0 Å². The maximum absolute atomic E-state index is 11.4. The molecule has 0 fully saturated rings. The van der Waals surface area contributed by atoms with Crippen LogP contribution < -0.4 is 0 Å². The normalized spacial score (nSPS) is 19.9. The Morgan fingerprint density at radius 3 is 2.24 bits per heavy atom. The van der Waals surface area contributed by atoms with Gasteiger partial charge >= 0.3 is 0 Å². The van der Waals surface area contributed by atoms with Crippen molar-refractivity contribution in [2.75, 3.05) is 0 Å². The Labute approximate surface area is 176 Å². The molecule has 1 unspecified atom stereocenters. The quantitative estimate of drug-likeness (QED) is 0.684. The minimum absolute atomic E-state index is 0.0844. The highest BCUT2D eigenvalue weighted by Gasteiger charge is 2.38. The monoisotopic (exact) mass is 396 g/mol. The smallest absolute Gasteiger partial charge is 0.182 e. The molecule has 3 nitrogen and oxygen atoms in total. The molecule has 0 radical (unpaired) electrons. The van der Waals surface area contributed by atoms with Crippen LogP contribution in [0.2, 0.25) is 0 Å². The summed E-state index contributed by atoms with van der Waals surface area (Å²) in [7, 11) is 0. The summed E-state index contributed by atoms with van der Waals surface area (Å²) >= 11 is 0. The lowest BCUT2D eigenvalue weighted by molar-refractivity contribution is 0.0968. The summed E-state index contributed by atoms with van der Waals surface area (Å²) in [6.07, 6.45) is 0.729. The number of aromatic nitrogens is 1. The van der Waals surface area contributed by atoms with E-state index in [2.05, 4.69) is 67.5 Å². The number of fused-ring (bicyclic) bond motifs is 1. The van der Waals surface area contributed by atoms with Crippen LogP contribution in [0.15, 0.2) is 24.3 Å². The molecule has 1 aromatic carbocycles. The molecular formula is C26H38NO2+. The van der Waals surface area contributed by atoms with Crippen molar-refractivity contribution >= 4 is 0 Å². The zero-order valence-electron chi connectivity index (χ0n) is 19.4. The molecule has 0 saturated carbocycles. The van der Waals surface area contributed by atoms with Crippen molar-refractivity contribution in [2.45, 2.75) is 91.8 Å². The number of hydrogen-bond acceptors (Lipinski definition) is 2. The molecule has 0 spiro atoms. The highest BCUT2D eigenvalue weighted by atomic mass is 16.3. The first kappa shape index (κ1) is 22.0. The summed E-state index contributed by atoms with van der Waals surface area (Å²) in [6, 6.07) is 8.31. The van der Waals surface area contributed by atoms with Gasteiger partial charge < -0.3 is 10.2 Å². The molecular weight excluding hydrogens is 358 g/mol. The van der Waals surface area contributed by atoms with Gasteiger partial charge in [-0.25, -0.2) is 0 Å². The SMILES string of the molecule is Cc1c(C(O)c2ccc(C(C)(C)C)cc2)c(C(C)C)nc2c1[C@@H]([OH2+])CC(C)(C)C2. The Morgan fingerprint density at radius 1 is 1.14 bits per heavy atom. The molecule has 2 atom stereocenters. The summed E-state index contributed by atoms with van der Waals surface area (Å²) in [5.74, 6) is 0.215. The van der Waals surface area contributed by atoms with Crippen LogP contribution in [0.3, 0.4) is 0 Å². The van der Waals surface area contributed by atoms with Crippen LogP contribution in [0, 0.1) is 12.3 Å². The number of pyridine rings is 1. The van der Waals surface area contributed by atoms with E-state index >= 15 is 0 Å². The van der Waals surface area contributed by atoms with Gasteiger partial charge in [-0.05, 0) is 46.8 Å². The number of benzene rings is 1. The van der Waals surface area contributed by atoms with Gasteiger partial charge in [-0.15, -0.1) is 0 Å². The number of aliphatic hydroxyl groups is 1. The number of aliphatic hydroxyl groups excluding tert-OH is 1. The fourth-order valence-electron chi connectivity index (χ4n) is 4.71.